The van der Waals surface area contributed by atoms with E-state index < -0.39 is 10.0 Å². The van der Waals surface area contributed by atoms with Crippen LogP contribution in [0.25, 0.3) is 0 Å². The van der Waals surface area contributed by atoms with Crippen LogP contribution in [0, 0.1) is 0 Å². The van der Waals surface area contributed by atoms with Crippen molar-refractivity contribution in [2.45, 2.75) is 11.7 Å². The molecule has 0 aromatic rings. The molecule has 1 heterocycles. The minimum Gasteiger partial charge on any atom is -0.315 e. The van der Waals surface area contributed by atoms with Gasteiger partial charge in [-0.3, -0.25) is 0 Å². The van der Waals surface area contributed by atoms with Gasteiger partial charge >= 0.3 is 0 Å². The summed E-state index contributed by atoms with van der Waals surface area (Å²) in [5.41, 5.74) is 0. The molecular formula is C5H13ClN2O2S. The third-order valence-electron chi connectivity index (χ3n) is 1.74. The molecule has 1 saturated heterocycles. The lowest BCUT2D eigenvalue weighted by atomic mass is 10.4. The SMILES string of the molecule is CNS(=O)(=O)[C@H]1CCNC1.Cl. The molecule has 0 aliphatic carbocycles. The topological polar surface area (TPSA) is 58.2 Å². The highest BCUT2D eigenvalue weighted by atomic mass is 35.5. The summed E-state index contributed by atoms with van der Waals surface area (Å²) in [6.45, 7) is 1.40. The maximum atomic E-state index is 11.1. The van der Waals surface area contributed by atoms with Crippen molar-refractivity contribution in [2.24, 2.45) is 0 Å². The molecule has 11 heavy (non-hydrogen) atoms. The Balaban J connectivity index is 0.000001000. The fourth-order valence-electron chi connectivity index (χ4n) is 1.06. The van der Waals surface area contributed by atoms with Crippen LogP contribution in [0.5, 0.6) is 0 Å². The van der Waals surface area contributed by atoms with Crippen LogP contribution in [-0.4, -0.2) is 33.8 Å². The van der Waals surface area contributed by atoms with Gasteiger partial charge in [0.25, 0.3) is 0 Å². The molecule has 68 valence electrons. The van der Waals surface area contributed by atoms with Gasteiger partial charge in [-0.2, -0.15) is 0 Å². The summed E-state index contributed by atoms with van der Waals surface area (Å²) < 4.78 is 24.4. The van der Waals surface area contributed by atoms with Gasteiger partial charge < -0.3 is 5.32 Å². The minimum absolute atomic E-state index is 0. The van der Waals surface area contributed by atoms with Crippen molar-refractivity contribution in [1.82, 2.24) is 10.0 Å². The quantitative estimate of drug-likeness (QED) is 0.621. The Morgan fingerprint density at radius 3 is 2.55 bits per heavy atom. The molecule has 6 heteroatoms. The maximum absolute atomic E-state index is 11.1. The number of halogens is 1. The number of sulfonamides is 1. The molecule has 2 N–H and O–H groups in total. The fourth-order valence-corrected chi connectivity index (χ4v) is 2.16. The van der Waals surface area contributed by atoms with Crippen molar-refractivity contribution < 1.29 is 8.42 Å². The smallest absolute Gasteiger partial charge is 0.215 e. The zero-order valence-corrected chi connectivity index (χ0v) is 7.96. The molecule has 0 radical (unpaired) electrons. The van der Waals surface area contributed by atoms with E-state index in [9.17, 15) is 8.42 Å². The second-order valence-corrected chi connectivity index (χ2v) is 4.53. The third kappa shape index (κ3) is 2.59. The molecule has 1 atom stereocenters. The largest absolute Gasteiger partial charge is 0.315 e. The van der Waals surface area contributed by atoms with E-state index in [-0.39, 0.29) is 17.7 Å². The first kappa shape index (κ1) is 11.2. The van der Waals surface area contributed by atoms with E-state index in [0.717, 1.165) is 13.0 Å². The Hall–Kier alpha value is 0.160. The first-order valence-corrected chi connectivity index (χ1v) is 4.84. The summed E-state index contributed by atoms with van der Waals surface area (Å²) in [5.74, 6) is 0. The molecule has 0 unspecified atom stereocenters. The predicted octanol–water partition coefficient (Wildman–Crippen LogP) is -0.681. The van der Waals surface area contributed by atoms with E-state index in [0.29, 0.717) is 6.54 Å². The van der Waals surface area contributed by atoms with Crippen molar-refractivity contribution in [3.63, 3.8) is 0 Å². The molecule has 0 aromatic carbocycles. The second kappa shape index (κ2) is 4.25. The number of nitrogens with one attached hydrogen (secondary N) is 2. The van der Waals surface area contributed by atoms with Gasteiger partial charge in [-0.25, -0.2) is 13.1 Å². The van der Waals surface area contributed by atoms with Crippen molar-refractivity contribution in [2.75, 3.05) is 20.1 Å². The van der Waals surface area contributed by atoms with Crippen LogP contribution in [0.3, 0.4) is 0 Å². The Bertz CT molecular complexity index is 199. The molecular weight excluding hydrogens is 188 g/mol. The van der Waals surface area contributed by atoms with E-state index in [1.165, 1.54) is 7.05 Å². The molecule has 0 amide bonds. The van der Waals surface area contributed by atoms with Gasteiger partial charge in [0, 0.05) is 6.54 Å². The summed E-state index contributed by atoms with van der Waals surface area (Å²) in [4.78, 5) is 0. The Labute approximate surface area is 73.2 Å². The van der Waals surface area contributed by atoms with Crippen LogP contribution in [0.1, 0.15) is 6.42 Å². The third-order valence-corrected chi connectivity index (χ3v) is 3.59. The van der Waals surface area contributed by atoms with E-state index in [1.54, 1.807) is 0 Å². The fraction of sp³-hybridized carbons (Fsp3) is 1.00. The average molecular weight is 201 g/mol. The zero-order chi connectivity index (χ0) is 7.61. The van der Waals surface area contributed by atoms with E-state index in [4.69, 9.17) is 0 Å². The summed E-state index contributed by atoms with van der Waals surface area (Å²) in [5, 5.41) is 2.77. The van der Waals surface area contributed by atoms with Crippen LogP contribution in [-0.2, 0) is 10.0 Å². The van der Waals surface area contributed by atoms with Gasteiger partial charge in [0.05, 0.1) is 5.25 Å². The van der Waals surface area contributed by atoms with Gasteiger partial charge in [0.2, 0.25) is 10.0 Å². The van der Waals surface area contributed by atoms with Crippen LogP contribution in [0.2, 0.25) is 0 Å². The van der Waals surface area contributed by atoms with Crippen LogP contribution in [0.15, 0.2) is 0 Å². The molecule has 1 aliphatic rings. The Kier molecular flexibility index (Phi) is 4.31. The van der Waals surface area contributed by atoms with E-state index >= 15 is 0 Å². The number of hydrogen-bond donors (Lipinski definition) is 2. The summed E-state index contributed by atoms with van der Waals surface area (Å²) in [6, 6.07) is 0. The minimum atomic E-state index is -3.01. The van der Waals surface area contributed by atoms with E-state index in [1.807, 2.05) is 0 Å². The van der Waals surface area contributed by atoms with Crippen molar-refractivity contribution >= 4 is 22.4 Å². The molecule has 0 bridgehead atoms. The van der Waals surface area contributed by atoms with Crippen LogP contribution in [0.4, 0.5) is 0 Å². The first-order valence-electron chi connectivity index (χ1n) is 3.30. The van der Waals surface area contributed by atoms with Gasteiger partial charge in [-0.1, -0.05) is 0 Å². The van der Waals surface area contributed by atoms with Crippen molar-refractivity contribution in [3.05, 3.63) is 0 Å². The number of hydrogen-bond acceptors (Lipinski definition) is 3. The van der Waals surface area contributed by atoms with Crippen molar-refractivity contribution in [1.29, 1.82) is 0 Å². The average Bonchev–Trinajstić information content (AvgIpc) is 2.38. The van der Waals surface area contributed by atoms with Crippen LogP contribution < -0.4 is 10.0 Å². The highest BCUT2D eigenvalue weighted by Gasteiger charge is 2.26. The Morgan fingerprint density at radius 1 is 1.55 bits per heavy atom. The zero-order valence-electron chi connectivity index (χ0n) is 6.33. The predicted molar refractivity (Wildman–Crippen MR) is 46.5 cm³/mol. The normalized spacial score (nSPS) is 24.6. The Morgan fingerprint density at radius 2 is 2.18 bits per heavy atom. The van der Waals surface area contributed by atoms with Gasteiger partial charge in [-0.05, 0) is 20.0 Å². The van der Waals surface area contributed by atoms with Crippen LogP contribution >= 0.6 is 12.4 Å². The molecule has 0 aromatic heterocycles. The summed E-state index contributed by atoms with van der Waals surface area (Å²) >= 11 is 0. The second-order valence-electron chi connectivity index (χ2n) is 2.36. The lowest BCUT2D eigenvalue weighted by Crippen LogP contribution is -2.33. The van der Waals surface area contributed by atoms with Gasteiger partial charge in [0.15, 0.2) is 0 Å². The number of rotatable bonds is 2. The molecule has 0 saturated carbocycles. The molecule has 0 spiro atoms. The molecule has 1 fully saturated rings. The van der Waals surface area contributed by atoms with Gasteiger partial charge in [-0.15, -0.1) is 12.4 Å². The molecule has 4 nitrogen and oxygen atoms in total. The standard InChI is InChI=1S/C5H12N2O2S.ClH/c1-6-10(8,9)5-2-3-7-4-5;/h5-7H,2-4H2,1H3;1H/t5-;/m0./s1. The lowest BCUT2D eigenvalue weighted by Gasteiger charge is -2.07. The maximum Gasteiger partial charge on any atom is 0.215 e. The summed E-state index contributed by atoms with van der Waals surface area (Å²) in [7, 11) is -1.56. The first-order chi connectivity index (χ1) is 4.67. The lowest BCUT2D eigenvalue weighted by molar-refractivity contribution is 0.574. The highest BCUT2D eigenvalue weighted by molar-refractivity contribution is 7.90. The molecule has 1 rings (SSSR count). The highest BCUT2D eigenvalue weighted by Crippen LogP contribution is 2.06. The van der Waals surface area contributed by atoms with Gasteiger partial charge in [0.1, 0.15) is 0 Å². The molecule has 1 aliphatic heterocycles. The van der Waals surface area contributed by atoms with E-state index in [2.05, 4.69) is 10.0 Å². The van der Waals surface area contributed by atoms with Crippen molar-refractivity contribution in [3.8, 4) is 0 Å². The summed E-state index contributed by atoms with van der Waals surface area (Å²) in [6.07, 6.45) is 0.725. The monoisotopic (exact) mass is 200 g/mol.